The van der Waals surface area contributed by atoms with Gasteiger partial charge in [0.05, 0.1) is 29.6 Å². The minimum atomic E-state index is -6.62. The Morgan fingerprint density at radius 1 is 0.761 bits per heavy atom. The lowest BCUT2D eigenvalue weighted by Crippen LogP contribution is -2.50. The highest BCUT2D eigenvalue weighted by molar-refractivity contribution is 9.10. The van der Waals surface area contributed by atoms with Gasteiger partial charge in [-0.3, -0.25) is 9.59 Å². The van der Waals surface area contributed by atoms with Crippen molar-refractivity contribution in [2.75, 3.05) is 17.7 Å². The van der Waals surface area contributed by atoms with Gasteiger partial charge >= 0.3 is 31.0 Å². The number of amides is 2. The first-order chi connectivity index (χ1) is 21.1. The zero-order valence-electron chi connectivity index (χ0n) is 22.2. The Morgan fingerprint density at radius 2 is 1.33 bits per heavy atom. The number of rotatable bonds is 9. The van der Waals surface area contributed by atoms with Crippen LogP contribution in [0.5, 0.6) is 17.2 Å². The molecule has 0 bridgehead atoms. The quantitative estimate of drug-likeness (QED) is 0.214. The van der Waals surface area contributed by atoms with E-state index in [4.69, 9.17) is 4.74 Å². The van der Waals surface area contributed by atoms with Crippen LogP contribution in [0, 0.1) is 0 Å². The first kappa shape index (κ1) is 36.1. The number of ether oxygens (including phenoxy) is 3. The van der Waals surface area contributed by atoms with E-state index in [1.807, 2.05) is 5.32 Å². The number of benzene rings is 3. The lowest BCUT2D eigenvalue weighted by atomic mass is 9.93. The summed E-state index contributed by atoms with van der Waals surface area (Å²) >= 11 is 2.53. The van der Waals surface area contributed by atoms with Crippen LogP contribution in [0.3, 0.4) is 0 Å². The smallest absolute Gasteiger partial charge is 0.494 e. The summed E-state index contributed by atoms with van der Waals surface area (Å²) < 4.78 is 171. The summed E-state index contributed by atoms with van der Waals surface area (Å²) in [5, 5.41) is 4.10. The molecule has 2 N–H and O–H groups in total. The molecule has 0 heterocycles. The van der Waals surface area contributed by atoms with Crippen LogP contribution in [0.2, 0.25) is 0 Å². The predicted molar refractivity (Wildman–Crippen MR) is 138 cm³/mol. The third kappa shape index (κ3) is 7.71. The molecule has 0 aliphatic rings. The summed E-state index contributed by atoms with van der Waals surface area (Å²) in [6, 6.07) is 6.97. The molecule has 0 unspecified atom stereocenters. The molecular formula is C26H15BrF12N2O5. The molecule has 46 heavy (non-hydrogen) atoms. The van der Waals surface area contributed by atoms with E-state index in [1.165, 1.54) is 6.07 Å². The molecule has 20 heteroatoms. The third-order valence-corrected chi connectivity index (χ3v) is 6.38. The van der Waals surface area contributed by atoms with E-state index >= 15 is 0 Å². The van der Waals surface area contributed by atoms with E-state index in [0.717, 1.165) is 43.5 Å². The number of halogens is 13. The van der Waals surface area contributed by atoms with Gasteiger partial charge in [-0.1, -0.05) is 18.2 Å². The molecular weight excluding hydrogens is 728 g/mol. The van der Waals surface area contributed by atoms with E-state index in [1.54, 1.807) is 0 Å². The second-order valence-electron chi connectivity index (χ2n) is 8.70. The average molecular weight is 743 g/mol. The SMILES string of the molecule is COc1c(NC(=O)c2ccccc2OC(F)(F)F)cccc1C(=O)Nc1c(Br)cc(C(F)(C(F)(F)F)C(F)(F)F)cc1OC(F)F. The minimum absolute atomic E-state index is 0.0662. The van der Waals surface area contributed by atoms with Gasteiger partial charge in [0.1, 0.15) is 5.75 Å². The first-order valence-electron chi connectivity index (χ1n) is 11.9. The average Bonchev–Trinajstić information content (AvgIpc) is 2.91. The highest BCUT2D eigenvalue weighted by Gasteiger charge is 2.73. The van der Waals surface area contributed by atoms with Gasteiger partial charge in [0.25, 0.3) is 11.8 Å². The van der Waals surface area contributed by atoms with Crippen LogP contribution >= 0.6 is 15.9 Å². The molecule has 7 nitrogen and oxygen atoms in total. The number of alkyl halides is 12. The number of hydrogen-bond acceptors (Lipinski definition) is 5. The second-order valence-corrected chi connectivity index (χ2v) is 9.56. The van der Waals surface area contributed by atoms with E-state index in [0.29, 0.717) is 0 Å². The summed E-state index contributed by atoms with van der Waals surface area (Å²) in [5.41, 5.74) is -10.8. The van der Waals surface area contributed by atoms with Crippen molar-refractivity contribution in [2.24, 2.45) is 0 Å². The van der Waals surface area contributed by atoms with Crippen LogP contribution in [0.25, 0.3) is 0 Å². The standard InChI is InChI=1S/C26H15BrF12N2O5/c1-44-19-13(6-4-7-15(19)40-20(42)12-5-2-3-8-16(12)46-26(37,38)39)21(43)41-18-14(27)9-11(10-17(18)45-22(28)29)23(30,24(31,32)33)25(34,35)36/h2-10,22H,1H3,(H,40,42)(H,41,43). The van der Waals surface area contributed by atoms with Gasteiger partial charge in [-0.05, 0) is 52.3 Å². The Labute approximate surface area is 257 Å². The zero-order valence-corrected chi connectivity index (χ0v) is 23.8. The van der Waals surface area contributed by atoms with Gasteiger partial charge in [0.2, 0.25) is 0 Å². The van der Waals surface area contributed by atoms with Crippen LogP contribution in [0.4, 0.5) is 64.1 Å². The van der Waals surface area contributed by atoms with Crippen LogP contribution in [0.1, 0.15) is 26.3 Å². The van der Waals surface area contributed by atoms with E-state index < -0.39 is 86.9 Å². The second kappa shape index (κ2) is 13.2. The van der Waals surface area contributed by atoms with Gasteiger partial charge in [-0.2, -0.15) is 35.1 Å². The lowest BCUT2D eigenvalue weighted by Gasteiger charge is -2.31. The topological polar surface area (TPSA) is 85.9 Å². The predicted octanol–water partition coefficient (Wildman–Crippen LogP) is 8.75. The summed E-state index contributed by atoms with van der Waals surface area (Å²) in [6.45, 7) is -3.89. The van der Waals surface area contributed by atoms with Crippen LogP contribution in [-0.4, -0.2) is 44.3 Å². The molecule has 0 aliphatic carbocycles. The number of methoxy groups -OCH3 is 1. The number of carbonyl (C=O) groups is 2. The first-order valence-corrected chi connectivity index (χ1v) is 12.7. The van der Waals surface area contributed by atoms with Crippen LogP contribution in [0.15, 0.2) is 59.1 Å². The monoisotopic (exact) mass is 742 g/mol. The maximum Gasteiger partial charge on any atom is 0.573 e. The van der Waals surface area contributed by atoms with Gasteiger partial charge in [0, 0.05) is 10.0 Å². The van der Waals surface area contributed by atoms with Crippen molar-refractivity contribution in [1.29, 1.82) is 0 Å². The fraction of sp³-hybridized carbons (Fsp3) is 0.231. The Bertz CT molecular complexity index is 1600. The number of hydrogen-bond donors (Lipinski definition) is 2. The molecule has 0 atom stereocenters. The summed E-state index contributed by atoms with van der Waals surface area (Å²) in [7, 11) is 0.966. The number of para-hydroxylation sites is 2. The third-order valence-electron chi connectivity index (χ3n) is 5.76. The number of anilines is 2. The zero-order chi connectivity index (χ0) is 34.8. The van der Waals surface area contributed by atoms with Crippen LogP contribution < -0.4 is 24.8 Å². The molecule has 0 radical (unpaired) electrons. The Hall–Kier alpha value is -4.36. The lowest BCUT2D eigenvalue weighted by molar-refractivity contribution is -0.348. The van der Waals surface area contributed by atoms with Crippen molar-refractivity contribution in [3.8, 4) is 17.2 Å². The van der Waals surface area contributed by atoms with Crippen molar-refractivity contribution in [2.45, 2.75) is 31.0 Å². The largest absolute Gasteiger partial charge is 0.573 e. The molecule has 2 amide bonds. The van der Waals surface area contributed by atoms with E-state index in [-0.39, 0.29) is 17.8 Å². The van der Waals surface area contributed by atoms with Gasteiger partial charge in [0.15, 0.2) is 11.5 Å². The van der Waals surface area contributed by atoms with E-state index in [2.05, 4.69) is 30.7 Å². The molecule has 0 aromatic heterocycles. The summed E-state index contributed by atoms with van der Waals surface area (Å²) in [5.74, 6) is -5.45. The van der Waals surface area contributed by atoms with Crippen molar-refractivity contribution in [3.05, 3.63) is 75.8 Å². The minimum Gasteiger partial charge on any atom is -0.494 e. The maximum atomic E-state index is 14.7. The van der Waals surface area contributed by atoms with Gasteiger partial charge < -0.3 is 24.8 Å². The molecule has 0 aliphatic heterocycles. The molecule has 0 saturated heterocycles. The highest BCUT2D eigenvalue weighted by atomic mass is 79.9. The Balaban J connectivity index is 2.04. The molecule has 0 fully saturated rings. The van der Waals surface area contributed by atoms with Gasteiger partial charge in [-0.15, -0.1) is 13.2 Å². The summed E-state index contributed by atoms with van der Waals surface area (Å²) in [4.78, 5) is 26.0. The summed E-state index contributed by atoms with van der Waals surface area (Å²) in [6.07, 6.45) is -18.4. The molecule has 3 aromatic carbocycles. The highest BCUT2D eigenvalue weighted by Crippen LogP contribution is 2.55. The molecule has 3 rings (SSSR count). The Kier molecular flexibility index (Phi) is 10.3. The molecule has 3 aromatic rings. The number of nitrogens with one attached hydrogen (secondary N) is 2. The maximum absolute atomic E-state index is 14.7. The van der Waals surface area contributed by atoms with E-state index in [9.17, 15) is 62.3 Å². The van der Waals surface area contributed by atoms with Crippen molar-refractivity contribution in [3.63, 3.8) is 0 Å². The van der Waals surface area contributed by atoms with Crippen molar-refractivity contribution in [1.82, 2.24) is 0 Å². The molecule has 0 spiro atoms. The normalized spacial score (nSPS) is 12.5. The fourth-order valence-electron chi connectivity index (χ4n) is 3.85. The van der Waals surface area contributed by atoms with Gasteiger partial charge in [-0.25, -0.2) is 4.39 Å². The fourth-order valence-corrected chi connectivity index (χ4v) is 4.39. The van der Waals surface area contributed by atoms with Crippen molar-refractivity contribution >= 4 is 39.1 Å². The molecule has 250 valence electrons. The van der Waals surface area contributed by atoms with Crippen LogP contribution in [-0.2, 0) is 5.67 Å². The van der Waals surface area contributed by atoms with Crippen molar-refractivity contribution < 1.29 is 76.5 Å². The molecule has 0 saturated carbocycles. The number of carbonyl (C=O) groups excluding carboxylic acids is 2. The Morgan fingerprint density at radius 3 is 1.87 bits per heavy atom.